The first-order chi connectivity index (χ1) is 41.7. The highest BCUT2D eigenvalue weighted by molar-refractivity contribution is 5.80. The van der Waals surface area contributed by atoms with Gasteiger partial charge in [-0.2, -0.15) is 0 Å². The van der Waals surface area contributed by atoms with Crippen molar-refractivity contribution in [2.75, 3.05) is 13.2 Å². The van der Waals surface area contributed by atoms with E-state index < -0.39 is 67.4 Å². The van der Waals surface area contributed by atoms with Gasteiger partial charge in [0.2, 0.25) is 5.91 Å². The van der Waals surface area contributed by atoms with Gasteiger partial charge in [-0.15, -0.1) is 0 Å². The van der Waals surface area contributed by atoms with Crippen molar-refractivity contribution in [3.63, 3.8) is 0 Å². The van der Waals surface area contributed by atoms with Crippen LogP contribution in [-0.2, 0) is 23.8 Å². The minimum Gasteiger partial charge on any atom is -0.454 e. The Labute approximate surface area is 521 Å². The number of rotatable bonds is 60. The van der Waals surface area contributed by atoms with Gasteiger partial charge in [-0.05, 0) is 103 Å². The van der Waals surface area contributed by atoms with Crippen LogP contribution in [0.3, 0.4) is 0 Å². The molecule has 8 unspecified atom stereocenters. The maximum Gasteiger partial charge on any atom is 0.306 e. The van der Waals surface area contributed by atoms with E-state index in [4.69, 9.17) is 14.2 Å². The summed E-state index contributed by atoms with van der Waals surface area (Å²) in [6.45, 7) is 5.76. The number of ether oxygens (including phenoxy) is 3. The van der Waals surface area contributed by atoms with Gasteiger partial charge in [0, 0.05) is 6.42 Å². The minimum atomic E-state index is -1.62. The van der Waals surface area contributed by atoms with Crippen molar-refractivity contribution in [2.24, 2.45) is 0 Å². The van der Waals surface area contributed by atoms with Gasteiger partial charge >= 0.3 is 5.97 Å². The van der Waals surface area contributed by atoms with Crippen molar-refractivity contribution in [1.82, 2.24) is 5.32 Å². The van der Waals surface area contributed by atoms with Crippen LogP contribution in [0.25, 0.3) is 0 Å². The fourth-order valence-corrected chi connectivity index (χ4v) is 10.7. The molecule has 11 heteroatoms. The number of allylic oxidation sites excluding steroid dienone is 13. The van der Waals surface area contributed by atoms with Crippen LogP contribution in [0.1, 0.15) is 310 Å². The summed E-state index contributed by atoms with van der Waals surface area (Å²) in [7, 11) is 0. The van der Waals surface area contributed by atoms with Gasteiger partial charge in [0.15, 0.2) is 12.4 Å². The zero-order valence-corrected chi connectivity index (χ0v) is 54.7. The van der Waals surface area contributed by atoms with Crippen LogP contribution in [0.4, 0.5) is 0 Å². The lowest BCUT2D eigenvalue weighted by molar-refractivity contribution is -0.305. The average Bonchev–Trinajstić information content (AvgIpc) is 3.34. The summed E-state index contributed by atoms with van der Waals surface area (Å²) >= 11 is 0. The third-order valence-electron chi connectivity index (χ3n) is 16.3. The highest BCUT2D eigenvalue weighted by atomic mass is 16.7. The number of nitrogens with one attached hydrogen (secondary N) is 1. The lowest BCUT2D eigenvalue weighted by Gasteiger charge is -2.41. The molecule has 8 atom stereocenters. The monoisotopic (exact) mass is 1190 g/mol. The molecular formula is C74H131NO10. The molecule has 1 heterocycles. The number of aliphatic hydroxyl groups excluding tert-OH is 5. The Kier molecular flexibility index (Phi) is 57.4. The SMILES string of the molecule is CCCCC/C=C\C/C=C\C/C=C\C/C=C\CCCCCCCCCCCC(=O)OC1C(OCC(NC(=O)C(O)CCCCCCCCCC/C=C\C/C=C\CCCCC)C(O)/C=C/CCCCCCCCCCCCC)OC(CO)C(O)C1O. The molecule has 1 saturated heterocycles. The minimum absolute atomic E-state index is 0.113. The molecule has 85 heavy (non-hydrogen) atoms. The second-order valence-corrected chi connectivity index (χ2v) is 24.3. The van der Waals surface area contributed by atoms with Crippen molar-refractivity contribution in [2.45, 2.75) is 359 Å². The summed E-state index contributed by atoms with van der Waals surface area (Å²) in [6, 6.07) is -1.03. The summed E-state index contributed by atoms with van der Waals surface area (Å²) < 4.78 is 17.7. The second kappa shape index (κ2) is 61.1. The van der Waals surface area contributed by atoms with Crippen molar-refractivity contribution >= 4 is 11.9 Å². The molecule has 0 aromatic carbocycles. The van der Waals surface area contributed by atoms with E-state index in [0.717, 1.165) is 103 Å². The zero-order valence-electron chi connectivity index (χ0n) is 54.7. The molecule has 1 aliphatic rings. The molecular weight excluding hydrogens is 1060 g/mol. The first-order valence-corrected chi connectivity index (χ1v) is 35.4. The average molecular weight is 1190 g/mol. The van der Waals surface area contributed by atoms with E-state index in [9.17, 15) is 35.1 Å². The fraction of sp³-hybridized carbons (Fsp3) is 0.784. The Balaban J connectivity index is 2.60. The van der Waals surface area contributed by atoms with Gasteiger partial charge in [-0.1, -0.05) is 286 Å². The van der Waals surface area contributed by atoms with Crippen molar-refractivity contribution in [3.05, 3.63) is 85.1 Å². The van der Waals surface area contributed by atoms with Gasteiger partial charge in [0.1, 0.15) is 24.4 Å². The summed E-state index contributed by atoms with van der Waals surface area (Å²) in [5.41, 5.74) is 0. The van der Waals surface area contributed by atoms with Crippen molar-refractivity contribution < 1.29 is 49.3 Å². The van der Waals surface area contributed by atoms with Crippen molar-refractivity contribution in [1.29, 1.82) is 0 Å². The summed E-state index contributed by atoms with van der Waals surface area (Å²) in [5.74, 6) is -1.20. The number of hydrogen-bond donors (Lipinski definition) is 6. The number of amides is 1. The standard InChI is InChI=1S/C74H131NO10/c1-4-7-10-13-16-19-22-25-27-29-31-32-33-34-35-36-37-39-41-44-47-50-53-56-59-62-69(79)85-72-71(81)70(80)68(63-76)84-74(72)83-64-65(66(77)60-57-54-51-48-45-42-24-21-18-15-12-9-6-3)75-73(82)67(78)61-58-55-52-49-46-43-40-38-30-28-26-23-20-17-14-11-8-5-2/h16-17,19-20,25-28,31-32,34-35,57,60,65-68,70-72,74,76-78,80-81H,4-15,18,21-24,29-30,33,36-56,58-59,61-64H2,1-3H3,(H,75,82)/b19-16-,20-17-,27-25-,28-26-,32-31-,35-34-,60-57+. The molecule has 0 radical (unpaired) electrons. The molecule has 6 N–H and O–H groups in total. The van der Waals surface area contributed by atoms with Crippen LogP contribution in [0.2, 0.25) is 0 Å². The maximum atomic E-state index is 13.5. The first-order valence-electron chi connectivity index (χ1n) is 35.4. The molecule has 0 aromatic heterocycles. The third-order valence-corrected chi connectivity index (χ3v) is 16.3. The topological polar surface area (TPSA) is 175 Å². The lowest BCUT2D eigenvalue weighted by Crippen LogP contribution is -2.61. The van der Waals surface area contributed by atoms with Crippen LogP contribution in [0.5, 0.6) is 0 Å². The van der Waals surface area contributed by atoms with Crippen LogP contribution >= 0.6 is 0 Å². The smallest absolute Gasteiger partial charge is 0.306 e. The molecule has 0 aliphatic carbocycles. The Morgan fingerprint density at radius 2 is 0.812 bits per heavy atom. The highest BCUT2D eigenvalue weighted by Crippen LogP contribution is 2.26. The quantitative estimate of drug-likeness (QED) is 0.0195. The van der Waals surface area contributed by atoms with Crippen LogP contribution in [0, 0.1) is 0 Å². The number of carbonyl (C=O) groups is 2. The first kappa shape index (κ1) is 79.9. The Morgan fingerprint density at radius 3 is 1.24 bits per heavy atom. The third kappa shape index (κ3) is 48.4. The normalized spacial score (nSPS) is 18.9. The number of esters is 1. The molecule has 1 amide bonds. The van der Waals surface area contributed by atoms with Crippen LogP contribution in [-0.4, -0.2) is 99.6 Å². The van der Waals surface area contributed by atoms with Crippen LogP contribution in [0.15, 0.2) is 85.1 Å². The van der Waals surface area contributed by atoms with Gasteiger partial charge in [0.25, 0.3) is 0 Å². The molecule has 1 fully saturated rings. The van der Waals surface area contributed by atoms with E-state index in [1.54, 1.807) is 6.08 Å². The summed E-state index contributed by atoms with van der Waals surface area (Å²) in [4.78, 5) is 26.7. The molecule has 0 aromatic rings. The number of aliphatic hydroxyl groups is 5. The Hall–Kier alpha value is -3.16. The van der Waals surface area contributed by atoms with E-state index in [0.29, 0.717) is 12.8 Å². The van der Waals surface area contributed by atoms with Gasteiger partial charge in [-0.25, -0.2) is 0 Å². The lowest BCUT2D eigenvalue weighted by atomic mass is 9.99. The van der Waals surface area contributed by atoms with Crippen molar-refractivity contribution in [3.8, 4) is 0 Å². The van der Waals surface area contributed by atoms with E-state index in [1.807, 2.05) is 6.08 Å². The largest absolute Gasteiger partial charge is 0.454 e. The molecule has 11 nitrogen and oxygen atoms in total. The predicted molar refractivity (Wildman–Crippen MR) is 356 cm³/mol. The Bertz CT molecular complexity index is 1710. The highest BCUT2D eigenvalue weighted by Gasteiger charge is 2.47. The zero-order chi connectivity index (χ0) is 61.7. The van der Waals surface area contributed by atoms with Gasteiger partial charge < -0.3 is 45.1 Å². The van der Waals surface area contributed by atoms with E-state index >= 15 is 0 Å². The molecule has 492 valence electrons. The number of hydrogen-bond acceptors (Lipinski definition) is 10. The summed E-state index contributed by atoms with van der Waals surface area (Å²) in [5, 5.41) is 57.2. The second-order valence-electron chi connectivity index (χ2n) is 24.3. The van der Waals surface area contributed by atoms with E-state index in [2.05, 4.69) is 99.0 Å². The van der Waals surface area contributed by atoms with E-state index in [-0.39, 0.29) is 19.4 Å². The van der Waals surface area contributed by atoms with Gasteiger partial charge in [-0.3, -0.25) is 9.59 Å². The molecule has 1 aliphatic heterocycles. The Morgan fingerprint density at radius 1 is 0.459 bits per heavy atom. The van der Waals surface area contributed by atoms with E-state index in [1.165, 1.54) is 161 Å². The summed E-state index contributed by atoms with van der Waals surface area (Å²) in [6.07, 6.45) is 70.4. The molecule has 0 spiro atoms. The number of unbranched alkanes of at least 4 members (excludes halogenated alkanes) is 34. The fourth-order valence-electron chi connectivity index (χ4n) is 10.7. The predicted octanol–water partition coefficient (Wildman–Crippen LogP) is 18.1. The maximum absolute atomic E-state index is 13.5. The van der Waals surface area contributed by atoms with Crippen LogP contribution < -0.4 is 5.32 Å². The molecule has 0 bridgehead atoms. The molecule has 0 saturated carbocycles. The number of carbonyl (C=O) groups excluding carboxylic acids is 2. The molecule has 1 rings (SSSR count). The van der Waals surface area contributed by atoms with Gasteiger partial charge in [0.05, 0.1) is 25.4 Å².